The molecular formula is C29H39N3O5. The number of aliphatic hydroxyl groups excluding tert-OH is 1. The summed E-state index contributed by atoms with van der Waals surface area (Å²) in [5, 5.41) is 10.9. The molecule has 2 aromatic carbocycles. The lowest BCUT2D eigenvalue weighted by molar-refractivity contribution is 0.0454. The summed E-state index contributed by atoms with van der Waals surface area (Å²) in [6, 6.07) is 14.0. The van der Waals surface area contributed by atoms with Gasteiger partial charge in [-0.1, -0.05) is 24.3 Å². The van der Waals surface area contributed by atoms with E-state index in [9.17, 15) is 9.90 Å². The number of carbonyl (C=O) groups is 1. The topological polar surface area (TPSA) is 74.7 Å². The minimum Gasteiger partial charge on any atom is -0.489 e. The number of nitrogens with zero attached hydrogens (tertiary/aromatic N) is 3. The second-order valence-electron chi connectivity index (χ2n) is 10.5. The van der Waals surface area contributed by atoms with Gasteiger partial charge in [0.2, 0.25) is 0 Å². The number of rotatable bonds is 9. The second kappa shape index (κ2) is 11.8. The van der Waals surface area contributed by atoms with Crippen LogP contribution in [-0.2, 0) is 17.7 Å². The highest BCUT2D eigenvalue weighted by Gasteiger charge is 2.30. The molecule has 1 saturated heterocycles. The molecule has 0 aromatic heterocycles. The van der Waals surface area contributed by atoms with Gasteiger partial charge in [0.25, 0.3) is 5.91 Å². The first-order chi connectivity index (χ1) is 18.0. The molecule has 37 heavy (non-hydrogen) atoms. The van der Waals surface area contributed by atoms with E-state index in [1.54, 1.807) is 18.1 Å². The molecule has 0 saturated carbocycles. The van der Waals surface area contributed by atoms with Crippen molar-refractivity contribution in [3.05, 3.63) is 59.2 Å². The summed E-state index contributed by atoms with van der Waals surface area (Å²) in [6.45, 7) is 8.44. The van der Waals surface area contributed by atoms with Gasteiger partial charge in [0.15, 0.2) is 0 Å². The number of likely N-dealkylation sites (tertiary alicyclic amines) is 1. The number of aliphatic hydroxyl groups is 1. The molecule has 0 unspecified atom stereocenters. The number of carbonyl (C=O) groups excluding carboxylic acids is 1. The van der Waals surface area contributed by atoms with Crippen LogP contribution in [0.25, 0.3) is 0 Å². The number of β-amino-alcohol motifs (C(OH)–C–C–N with tert-alkyl or cyclic N) is 1. The molecule has 3 aliphatic rings. The number of benzene rings is 2. The van der Waals surface area contributed by atoms with Crippen LogP contribution in [0.15, 0.2) is 42.5 Å². The zero-order valence-electron chi connectivity index (χ0n) is 22.0. The Morgan fingerprint density at radius 1 is 1.08 bits per heavy atom. The van der Waals surface area contributed by atoms with E-state index in [2.05, 4.69) is 34.1 Å². The van der Waals surface area contributed by atoms with Crippen LogP contribution in [0.2, 0.25) is 0 Å². The van der Waals surface area contributed by atoms with Gasteiger partial charge in [0.1, 0.15) is 23.7 Å². The number of hydrogen-bond donors (Lipinski definition) is 1. The molecule has 3 atom stereocenters. The average molecular weight is 510 g/mol. The largest absolute Gasteiger partial charge is 0.489 e. The van der Waals surface area contributed by atoms with Gasteiger partial charge in [-0.25, -0.2) is 0 Å². The van der Waals surface area contributed by atoms with Crippen LogP contribution < -0.4 is 9.47 Å². The molecule has 2 aromatic rings. The van der Waals surface area contributed by atoms with Gasteiger partial charge in [-0.15, -0.1) is 0 Å². The molecule has 0 radical (unpaired) electrons. The van der Waals surface area contributed by atoms with Crippen LogP contribution in [0, 0.1) is 0 Å². The van der Waals surface area contributed by atoms with Gasteiger partial charge in [0, 0.05) is 59.0 Å². The number of fused-ring (bicyclic) bond motifs is 2. The lowest BCUT2D eigenvalue weighted by atomic mass is 10.00. The van der Waals surface area contributed by atoms with Gasteiger partial charge in [-0.2, -0.15) is 0 Å². The summed E-state index contributed by atoms with van der Waals surface area (Å²) in [4.78, 5) is 19.8. The molecule has 1 amide bonds. The van der Waals surface area contributed by atoms with Crippen molar-refractivity contribution in [3.8, 4) is 11.5 Å². The predicted octanol–water partition coefficient (Wildman–Crippen LogP) is 2.43. The van der Waals surface area contributed by atoms with Crippen molar-refractivity contribution >= 4 is 5.91 Å². The molecule has 0 spiro atoms. The van der Waals surface area contributed by atoms with Crippen molar-refractivity contribution in [2.45, 2.75) is 44.6 Å². The molecule has 0 aliphatic carbocycles. The Labute approximate surface area is 219 Å². The fourth-order valence-electron chi connectivity index (χ4n) is 5.65. The Morgan fingerprint density at radius 2 is 1.92 bits per heavy atom. The molecule has 5 rings (SSSR count). The van der Waals surface area contributed by atoms with Crippen molar-refractivity contribution in [2.24, 2.45) is 0 Å². The van der Waals surface area contributed by atoms with Crippen LogP contribution in [0.1, 0.15) is 34.8 Å². The second-order valence-corrected chi connectivity index (χ2v) is 10.5. The summed E-state index contributed by atoms with van der Waals surface area (Å²) < 4.78 is 17.6. The fraction of sp³-hybridized carbons (Fsp3) is 0.552. The van der Waals surface area contributed by atoms with Crippen LogP contribution >= 0.6 is 0 Å². The number of ether oxygens (including phenoxy) is 3. The zero-order valence-corrected chi connectivity index (χ0v) is 22.0. The highest BCUT2D eigenvalue weighted by atomic mass is 16.5. The summed E-state index contributed by atoms with van der Waals surface area (Å²) in [7, 11) is 1.72. The van der Waals surface area contributed by atoms with Crippen LogP contribution in [0.4, 0.5) is 0 Å². The molecule has 1 N–H and O–H groups in total. The molecule has 3 heterocycles. The van der Waals surface area contributed by atoms with Crippen LogP contribution in [0.5, 0.6) is 11.5 Å². The van der Waals surface area contributed by atoms with Crippen molar-refractivity contribution in [1.29, 1.82) is 0 Å². The van der Waals surface area contributed by atoms with Crippen LogP contribution in [0.3, 0.4) is 0 Å². The molecule has 8 heteroatoms. The third-order valence-electron chi connectivity index (χ3n) is 7.53. The predicted molar refractivity (Wildman–Crippen MR) is 141 cm³/mol. The third-order valence-corrected chi connectivity index (χ3v) is 7.53. The third kappa shape index (κ3) is 6.44. The fourth-order valence-corrected chi connectivity index (χ4v) is 5.65. The molecule has 0 bridgehead atoms. The lowest BCUT2D eigenvalue weighted by Crippen LogP contribution is -2.45. The quantitative estimate of drug-likeness (QED) is 0.557. The van der Waals surface area contributed by atoms with Gasteiger partial charge in [-0.3, -0.25) is 14.6 Å². The lowest BCUT2D eigenvalue weighted by Gasteiger charge is -2.32. The van der Waals surface area contributed by atoms with Crippen molar-refractivity contribution < 1.29 is 24.1 Å². The first kappa shape index (κ1) is 26.0. The van der Waals surface area contributed by atoms with Crippen molar-refractivity contribution in [2.75, 3.05) is 59.5 Å². The number of methoxy groups -OCH3 is 1. The molecule has 1 fully saturated rings. The molecule has 8 nitrogen and oxygen atoms in total. The van der Waals surface area contributed by atoms with E-state index >= 15 is 0 Å². The Balaban J connectivity index is 1.19. The highest BCUT2D eigenvalue weighted by Crippen LogP contribution is 2.31. The SMILES string of the molecule is COCCN1CC[C@@H](Oc2ccc3c(c2)O[C@H](C)CN(C[C@H](O)CN2CCc4ccccc4C2)C3=O)C1. The Morgan fingerprint density at radius 3 is 2.76 bits per heavy atom. The molecule has 3 aliphatic heterocycles. The molecular weight excluding hydrogens is 470 g/mol. The maximum Gasteiger partial charge on any atom is 0.257 e. The highest BCUT2D eigenvalue weighted by molar-refractivity contribution is 5.97. The Kier molecular flexibility index (Phi) is 8.30. The smallest absolute Gasteiger partial charge is 0.257 e. The van der Waals surface area contributed by atoms with E-state index in [-0.39, 0.29) is 24.7 Å². The monoisotopic (exact) mass is 509 g/mol. The standard InChI is InChI=1S/C29H39N3O5/c1-21-16-32(19-24(33)18-31-11-9-22-5-3-4-6-23(22)17-31)29(34)27-8-7-25(15-28(27)36-21)37-26-10-12-30(20-26)13-14-35-2/h3-8,15,21,24,26,33H,9-14,16-20H2,1-2H3/t21-,24-,26-/m1/s1. The maximum atomic E-state index is 13.4. The van der Waals surface area contributed by atoms with E-state index in [0.29, 0.717) is 24.4 Å². The first-order valence-electron chi connectivity index (χ1n) is 13.4. The zero-order chi connectivity index (χ0) is 25.8. The van der Waals surface area contributed by atoms with Crippen LogP contribution in [-0.4, -0.2) is 104 Å². The van der Waals surface area contributed by atoms with Gasteiger partial charge in [-0.05, 0) is 43.0 Å². The first-order valence-corrected chi connectivity index (χ1v) is 13.4. The van der Waals surface area contributed by atoms with E-state index < -0.39 is 6.10 Å². The molecule has 200 valence electrons. The average Bonchev–Trinajstić information content (AvgIpc) is 3.29. The summed E-state index contributed by atoms with van der Waals surface area (Å²) in [5.41, 5.74) is 3.23. The van der Waals surface area contributed by atoms with E-state index in [1.807, 2.05) is 19.1 Å². The Bertz CT molecular complexity index is 1080. The van der Waals surface area contributed by atoms with Gasteiger partial charge < -0.3 is 24.2 Å². The Hall–Kier alpha value is -2.65. The van der Waals surface area contributed by atoms with Gasteiger partial charge in [0.05, 0.1) is 24.8 Å². The summed E-state index contributed by atoms with van der Waals surface area (Å²) in [6.07, 6.45) is 1.24. The summed E-state index contributed by atoms with van der Waals surface area (Å²) >= 11 is 0. The maximum absolute atomic E-state index is 13.4. The van der Waals surface area contributed by atoms with Gasteiger partial charge >= 0.3 is 0 Å². The summed E-state index contributed by atoms with van der Waals surface area (Å²) in [5.74, 6) is 1.16. The number of hydrogen-bond acceptors (Lipinski definition) is 7. The minimum atomic E-state index is -0.631. The number of amides is 1. The van der Waals surface area contributed by atoms with Crippen molar-refractivity contribution in [3.63, 3.8) is 0 Å². The van der Waals surface area contributed by atoms with E-state index in [0.717, 1.165) is 57.9 Å². The van der Waals surface area contributed by atoms with E-state index in [1.165, 1.54) is 11.1 Å². The van der Waals surface area contributed by atoms with Crippen molar-refractivity contribution in [1.82, 2.24) is 14.7 Å². The minimum absolute atomic E-state index is 0.111. The van der Waals surface area contributed by atoms with E-state index in [4.69, 9.17) is 14.2 Å². The normalized spacial score (nSPS) is 23.2.